The Bertz CT molecular complexity index is 704. The second kappa shape index (κ2) is 6.73. The molecule has 126 valence electrons. The number of nitrogens with one attached hydrogen (secondary N) is 1. The fourth-order valence-electron chi connectivity index (χ4n) is 3.44. The van der Waals surface area contributed by atoms with Gasteiger partial charge in [0.2, 0.25) is 17.6 Å². The highest BCUT2D eigenvalue weighted by atomic mass is 16.5. The molecular formula is C18H22N4O2. The maximum Gasteiger partial charge on any atom is 0.230 e. The largest absolute Gasteiger partial charge is 0.339 e. The zero-order valence-corrected chi connectivity index (χ0v) is 13.7. The molecule has 1 N–H and O–H groups in total. The Balaban J connectivity index is 1.44. The Morgan fingerprint density at radius 2 is 2.00 bits per heavy atom. The van der Waals surface area contributed by atoms with Gasteiger partial charge in [0.15, 0.2) is 0 Å². The van der Waals surface area contributed by atoms with Gasteiger partial charge in [0.1, 0.15) is 0 Å². The van der Waals surface area contributed by atoms with E-state index in [9.17, 15) is 4.79 Å². The molecule has 2 aromatic rings. The lowest BCUT2D eigenvalue weighted by Crippen LogP contribution is -2.26. The lowest BCUT2D eigenvalue weighted by atomic mass is 9.98. The molecule has 1 amide bonds. The van der Waals surface area contributed by atoms with Gasteiger partial charge >= 0.3 is 0 Å². The molecular weight excluding hydrogens is 304 g/mol. The minimum Gasteiger partial charge on any atom is -0.339 e. The lowest BCUT2D eigenvalue weighted by Gasteiger charge is -2.18. The van der Waals surface area contributed by atoms with E-state index in [2.05, 4.69) is 15.5 Å². The number of nitrogens with zero attached hydrogens (tertiary/aromatic N) is 3. The number of carbonyl (C=O) groups excluding carboxylic acids is 1. The second-order valence-electron chi connectivity index (χ2n) is 6.60. The predicted octanol–water partition coefficient (Wildman–Crippen LogP) is 2.33. The van der Waals surface area contributed by atoms with Crippen LogP contribution in [0, 0.1) is 0 Å². The summed E-state index contributed by atoms with van der Waals surface area (Å²) >= 11 is 0. The van der Waals surface area contributed by atoms with Crippen molar-refractivity contribution in [2.75, 3.05) is 19.6 Å². The van der Waals surface area contributed by atoms with E-state index >= 15 is 0 Å². The van der Waals surface area contributed by atoms with Gasteiger partial charge < -0.3 is 14.7 Å². The van der Waals surface area contributed by atoms with E-state index in [4.69, 9.17) is 4.52 Å². The van der Waals surface area contributed by atoms with Crippen molar-refractivity contribution < 1.29 is 9.32 Å². The molecule has 0 bridgehead atoms. The fourth-order valence-corrected chi connectivity index (χ4v) is 3.44. The molecule has 4 rings (SSSR count). The van der Waals surface area contributed by atoms with Crippen molar-refractivity contribution in [1.29, 1.82) is 0 Å². The van der Waals surface area contributed by atoms with Crippen molar-refractivity contribution in [2.45, 2.75) is 38.1 Å². The van der Waals surface area contributed by atoms with Crippen LogP contribution in [-0.4, -0.2) is 40.6 Å². The zero-order valence-electron chi connectivity index (χ0n) is 13.7. The third-order valence-electron chi connectivity index (χ3n) is 4.89. The van der Waals surface area contributed by atoms with E-state index in [-0.39, 0.29) is 5.91 Å². The summed E-state index contributed by atoms with van der Waals surface area (Å²) in [4.78, 5) is 18.2. The van der Waals surface area contributed by atoms with Crippen LogP contribution >= 0.6 is 0 Å². The van der Waals surface area contributed by atoms with Gasteiger partial charge in [-0.25, -0.2) is 0 Å². The average Bonchev–Trinajstić information content (AvgIpc) is 3.26. The Kier molecular flexibility index (Phi) is 4.30. The molecule has 6 heteroatoms. The smallest absolute Gasteiger partial charge is 0.230 e. The number of rotatable bonds is 4. The van der Waals surface area contributed by atoms with Crippen LogP contribution in [0.5, 0.6) is 0 Å². The predicted molar refractivity (Wildman–Crippen MR) is 89.2 cm³/mol. The van der Waals surface area contributed by atoms with Crippen LogP contribution in [0.1, 0.15) is 43.1 Å². The summed E-state index contributed by atoms with van der Waals surface area (Å²) in [7, 11) is 0. The Labute approximate surface area is 141 Å². The van der Waals surface area contributed by atoms with Crippen molar-refractivity contribution in [3.05, 3.63) is 35.7 Å². The van der Waals surface area contributed by atoms with Crippen molar-refractivity contribution >= 4 is 5.91 Å². The highest BCUT2D eigenvalue weighted by Crippen LogP contribution is 2.26. The van der Waals surface area contributed by atoms with Gasteiger partial charge in [0.05, 0.1) is 0 Å². The van der Waals surface area contributed by atoms with Crippen molar-refractivity contribution in [1.82, 2.24) is 20.4 Å². The lowest BCUT2D eigenvalue weighted by molar-refractivity contribution is -0.128. The molecule has 6 nitrogen and oxygen atoms in total. The van der Waals surface area contributed by atoms with Crippen molar-refractivity contribution in [3.8, 4) is 11.4 Å². The first-order chi connectivity index (χ1) is 11.8. The third-order valence-corrected chi connectivity index (χ3v) is 4.89. The highest BCUT2D eigenvalue weighted by molar-refractivity contribution is 5.78. The standard InChI is InChI=1S/C18H22N4O2/c23-16-2-1-11-22(16)12-13-3-5-14(6-4-13)17-20-18(24-21-17)15-7-9-19-10-8-15/h3-6,15,19H,1-2,7-12H2. The van der Waals surface area contributed by atoms with Crippen LogP contribution in [0.25, 0.3) is 11.4 Å². The number of aromatic nitrogens is 2. The number of likely N-dealkylation sites (tertiary alicyclic amines) is 1. The van der Waals surface area contributed by atoms with Crippen LogP contribution in [0.15, 0.2) is 28.8 Å². The van der Waals surface area contributed by atoms with E-state index in [1.807, 2.05) is 29.2 Å². The van der Waals surface area contributed by atoms with Crippen LogP contribution in [0.3, 0.4) is 0 Å². The summed E-state index contributed by atoms with van der Waals surface area (Å²) in [6.07, 6.45) is 3.74. The van der Waals surface area contributed by atoms with Crippen LogP contribution in [0.4, 0.5) is 0 Å². The number of hydrogen-bond acceptors (Lipinski definition) is 5. The normalized spacial score (nSPS) is 19.2. The molecule has 2 aliphatic rings. The first-order valence-corrected chi connectivity index (χ1v) is 8.71. The number of piperidine rings is 1. The Morgan fingerprint density at radius 3 is 2.71 bits per heavy atom. The molecule has 2 aliphatic heterocycles. The van der Waals surface area contributed by atoms with E-state index in [1.54, 1.807) is 0 Å². The molecule has 24 heavy (non-hydrogen) atoms. The molecule has 0 saturated carbocycles. The summed E-state index contributed by atoms with van der Waals surface area (Å²) in [6.45, 7) is 3.56. The molecule has 1 aromatic heterocycles. The van der Waals surface area contributed by atoms with Gasteiger partial charge in [0, 0.05) is 31.0 Å². The number of amides is 1. The van der Waals surface area contributed by atoms with Gasteiger partial charge in [-0.1, -0.05) is 29.4 Å². The number of benzene rings is 1. The van der Waals surface area contributed by atoms with Gasteiger partial charge in [-0.15, -0.1) is 0 Å². The third kappa shape index (κ3) is 3.19. The highest BCUT2D eigenvalue weighted by Gasteiger charge is 2.22. The van der Waals surface area contributed by atoms with E-state index in [0.29, 0.717) is 24.7 Å². The number of hydrogen-bond donors (Lipinski definition) is 1. The summed E-state index contributed by atoms with van der Waals surface area (Å²) in [6, 6.07) is 8.10. The molecule has 0 aliphatic carbocycles. The molecule has 0 spiro atoms. The molecule has 0 radical (unpaired) electrons. The minimum absolute atomic E-state index is 0.254. The minimum atomic E-state index is 0.254. The van der Waals surface area contributed by atoms with Gasteiger partial charge in [-0.3, -0.25) is 4.79 Å². The number of carbonyl (C=O) groups is 1. The maximum absolute atomic E-state index is 11.7. The molecule has 0 unspecified atom stereocenters. The van der Waals surface area contributed by atoms with Gasteiger partial charge in [-0.05, 0) is 37.9 Å². The second-order valence-corrected chi connectivity index (χ2v) is 6.60. The molecule has 3 heterocycles. The summed E-state index contributed by atoms with van der Waals surface area (Å²) in [5.74, 6) is 2.02. The maximum atomic E-state index is 11.7. The van der Waals surface area contributed by atoms with Crippen LogP contribution in [-0.2, 0) is 11.3 Å². The Hall–Kier alpha value is -2.21. The van der Waals surface area contributed by atoms with E-state index < -0.39 is 0 Å². The molecule has 1 aromatic carbocycles. The monoisotopic (exact) mass is 326 g/mol. The van der Waals surface area contributed by atoms with Crippen molar-refractivity contribution in [3.63, 3.8) is 0 Å². The first kappa shape index (κ1) is 15.3. The first-order valence-electron chi connectivity index (χ1n) is 8.71. The topological polar surface area (TPSA) is 71.3 Å². The van der Waals surface area contributed by atoms with Gasteiger partial charge in [0.25, 0.3) is 0 Å². The van der Waals surface area contributed by atoms with E-state index in [0.717, 1.165) is 55.9 Å². The van der Waals surface area contributed by atoms with Crippen molar-refractivity contribution in [2.24, 2.45) is 0 Å². The quantitative estimate of drug-likeness (QED) is 0.933. The average molecular weight is 326 g/mol. The van der Waals surface area contributed by atoms with Crippen LogP contribution in [0.2, 0.25) is 0 Å². The molecule has 2 fully saturated rings. The Morgan fingerprint density at radius 1 is 1.21 bits per heavy atom. The summed E-state index contributed by atoms with van der Waals surface area (Å²) in [5.41, 5.74) is 2.09. The van der Waals surface area contributed by atoms with Crippen LogP contribution < -0.4 is 5.32 Å². The van der Waals surface area contributed by atoms with Gasteiger partial charge in [-0.2, -0.15) is 4.98 Å². The molecule has 2 saturated heterocycles. The van der Waals surface area contributed by atoms with E-state index in [1.165, 1.54) is 0 Å². The summed E-state index contributed by atoms with van der Waals surface area (Å²) in [5, 5.41) is 7.48. The summed E-state index contributed by atoms with van der Waals surface area (Å²) < 4.78 is 5.47. The zero-order chi connectivity index (χ0) is 16.4. The molecule has 0 atom stereocenters. The fraction of sp³-hybridized carbons (Fsp3) is 0.500. The SMILES string of the molecule is O=C1CCCN1Cc1ccc(-c2noc(C3CCNCC3)n2)cc1.